The van der Waals surface area contributed by atoms with Gasteiger partial charge in [-0.15, -0.1) is 11.3 Å². The van der Waals surface area contributed by atoms with Crippen LogP contribution in [0.1, 0.15) is 5.56 Å². The van der Waals surface area contributed by atoms with Gasteiger partial charge in [0.25, 0.3) is 0 Å². The van der Waals surface area contributed by atoms with Gasteiger partial charge in [0, 0.05) is 18.0 Å². The van der Waals surface area contributed by atoms with Gasteiger partial charge in [-0.25, -0.2) is 9.97 Å². The number of benzene rings is 4. The smallest absolute Gasteiger partial charge is 0.492 e. The number of pyridine rings is 2. The number of aromatic nitrogens is 2. The van der Waals surface area contributed by atoms with Crippen molar-refractivity contribution in [2.75, 3.05) is 21.7 Å². The van der Waals surface area contributed by atoms with E-state index in [0.29, 0.717) is 0 Å². The van der Waals surface area contributed by atoms with Crippen LogP contribution in [0.15, 0.2) is 128 Å². The van der Waals surface area contributed by atoms with Crippen molar-refractivity contribution in [3.8, 4) is 22.3 Å². The van der Waals surface area contributed by atoms with Crippen LogP contribution >= 0.6 is 0 Å². The van der Waals surface area contributed by atoms with E-state index in [1.54, 1.807) is 6.20 Å². The Balaban J connectivity index is 0.000000167. The number of para-hydroxylation sites is 3. The molecule has 0 N–H and O–H groups in total. The summed E-state index contributed by atoms with van der Waals surface area (Å²) < 4.78 is 0. The van der Waals surface area contributed by atoms with Crippen LogP contribution in [0.25, 0.3) is 22.3 Å². The van der Waals surface area contributed by atoms with Gasteiger partial charge in [0.1, 0.15) is 11.6 Å². The van der Waals surface area contributed by atoms with Crippen LogP contribution in [0.5, 0.6) is 0 Å². The molecule has 5 nitrogen and oxygen atoms in total. The Morgan fingerprint density at radius 3 is 2.16 bits per heavy atom. The van der Waals surface area contributed by atoms with E-state index < -0.39 is 0 Å². The van der Waals surface area contributed by atoms with Gasteiger partial charge in [-0.2, -0.15) is 61.3 Å². The third-order valence-electron chi connectivity index (χ3n) is 7.51. The third kappa shape index (κ3) is 5.20. The quantitative estimate of drug-likeness (QED) is 0.166. The molecule has 4 heterocycles. The van der Waals surface area contributed by atoms with Crippen molar-refractivity contribution in [3.63, 3.8) is 0 Å². The Bertz CT molecular complexity index is 1860. The predicted octanol–water partition coefficient (Wildman–Crippen LogP) is 8.89. The molecule has 2 aromatic heterocycles. The Labute approximate surface area is 266 Å². The van der Waals surface area contributed by atoms with E-state index in [1.165, 1.54) is 33.5 Å². The molecule has 0 amide bonds. The van der Waals surface area contributed by atoms with Gasteiger partial charge in [0.2, 0.25) is 0 Å². The first-order chi connectivity index (χ1) is 20.7. The first-order valence-electron chi connectivity index (χ1n) is 13.9. The summed E-state index contributed by atoms with van der Waals surface area (Å²) >= 11 is 0. The second-order valence-electron chi connectivity index (χ2n) is 10.2. The number of hydrogen-bond acceptors (Lipinski definition) is 5. The SMILES string of the molecule is CN1[CH-]N(c2[c-]cccc2)c2cccnc21.Cc1cccc2c1N(c1ccccn1)c1[c-]cccc1-c1ccccc1-2.[Ir+3]. The molecule has 0 unspecified atom stereocenters. The van der Waals surface area contributed by atoms with Crippen molar-refractivity contribution in [2.24, 2.45) is 0 Å². The molecule has 6 heteroatoms. The van der Waals surface area contributed by atoms with E-state index in [2.05, 4.69) is 106 Å². The standard InChI is InChI=1S/C24H17N2.C13H11N3.Ir/c1-17-9-8-13-21-19-11-3-2-10-18(19)20-12-4-5-14-22(20)26(24(17)21)23-15-6-7-16-25-23;1-15-10-16(11-6-3-2-4-7-11)12-8-5-9-14-13(12)15;/h2-13,15-16H,1H3;2-6,8-10H,1H3;/q-1;-2;+3. The zero-order chi connectivity index (χ0) is 28.5. The number of aryl methyl sites for hydroxylation is 1. The number of hydrogen-bond donors (Lipinski definition) is 0. The summed E-state index contributed by atoms with van der Waals surface area (Å²) in [5.74, 6) is 1.87. The summed E-state index contributed by atoms with van der Waals surface area (Å²) in [6.45, 7) is 4.18. The first kappa shape index (κ1) is 28.4. The first-order valence-corrected chi connectivity index (χ1v) is 13.9. The molecule has 0 aliphatic carbocycles. The van der Waals surface area contributed by atoms with Crippen LogP contribution in [-0.2, 0) is 20.1 Å². The summed E-state index contributed by atoms with van der Waals surface area (Å²) in [6.07, 6.45) is 3.65. The molecule has 0 atom stereocenters. The molecule has 0 saturated heterocycles. The molecule has 210 valence electrons. The average Bonchev–Trinajstić information content (AvgIpc) is 3.33. The molecule has 2 aliphatic rings. The van der Waals surface area contributed by atoms with Crippen LogP contribution in [0.2, 0.25) is 0 Å². The second kappa shape index (κ2) is 12.2. The van der Waals surface area contributed by atoms with E-state index in [9.17, 15) is 0 Å². The Kier molecular flexibility index (Phi) is 8.06. The fourth-order valence-corrected chi connectivity index (χ4v) is 5.65. The molecule has 4 aromatic carbocycles. The Hall–Kier alpha value is -4.77. The van der Waals surface area contributed by atoms with Crippen molar-refractivity contribution in [1.29, 1.82) is 0 Å². The van der Waals surface area contributed by atoms with E-state index in [0.717, 1.165) is 28.7 Å². The Morgan fingerprint density at radius 2 is 1.37 bits per heavy atom. The summed E-state index contributed by atoms with van der Waals surface area (Å²) in [7, 11) is 1.99. The second-order valence-corrected chi connectivity index (χ2v) is 10.2. The molecule has 8 rings (SSSR count). The summed E-state index contributed by atoms with van der Waals surface area (Å²) in [6, 6.07) is 45.9. The minimum absolute atomic E-state index is 0. The zero-order valence-corrected chi connectivity index (χ0v) is 26.2. The van der Waals surface area contributed by atoms with Gasteiger partial charge < -0.3 is 14.7 Å². The molecule has 0 saturated carbocycles. The van der Waals surface area contributed by atoms with Crippen molar-refractivity contribution < 1.29 is 20.1 Å². The summed E-state index contributed by atoms with van der Waals surface area (Å²) in [4.78, 5) is 15.3. The van der Waals surface area contributed by atoms with Crippen LogP contribution in [-0.4, -0.2) is 17.0 Å². The van der Waals surface area contributed by atoms with Crippen molar-refractivity contribution >= 4 is 34.4 Å². The maximum atomic E-state index is 4.65. The number of fused-ring (bicyclic) bond motifs is 6. The molecule has 6 aromatic rings. The Morgan fingerprint density at radius 1 is 0.651 bits per heavy atom. The molecule has 0 fully saturated rings. The number of rotatable bonds is 2. The minimum atomic E-state index is 0. The van der Waals surface area contributed by atoms with Crippen LogP contribution < -0.4 is 14.7 Å². The maximum absolute atomic E-state index is 4.65. The fourth-order valence-electron chi connectivity index (χ4n) is 5.65. The molecule has 2 aliphatic heterocycles. The molecule has 0 radical (unpaired) electrons. The van der Waals surface area contributed by atoms with E-state index in [1.807, 2.05) is 73.3 Å². The zero-order valence-electron chi connectivity index (χ0n) is 23.8. The summed E-state index contributed by atoms with van der Waals surface area (Å²) in [5, 5.41) is 0. The van der Waals surface area contributed by atoms with Gasteiger partial charge in [-0.1, -0.05) is 59.8 Å². The van der Waals surface area contributed by atoms with Crippen LogP contribution in [0, 0.1) is 25.7 Å². The molecular formula is C37H28IrN5. The van der Waals surface area contributed by atoms with Crippen molar-refractivity contribution in [1.82, 2.24) is 9.97 Å². The van der Waals surface area contributed by atoms with Crippen molar-refractivity contribution in [2.45, 2.75) is 6.92 Å². The van der Waals surface area contributed by atoms with E-state index in [-0.39, 0.29) is 20.1 Å². The van der Waals surface area contributed by atoms with Gasteiger partial charge in [-0.05, 0) is 49.4 Å². The molecule has 43 heavy (non-hydrogen) atoms. The third-order valence-corrected chi connectivity index (χ3v) is 7.51. The van der Waals surface area contributed by atoms with Gasteiger partial charge in [-0.3, -0.25) is 0 Å². The van der Waals surface area contributed by atoms with E-state index in [4.69, 9.17) is 0 Å². The van der Waals surface area contributed by atoms with Crippen LogP contribution in [0.3, 0.4) is 0 Å². The molecule has 0 bridgehead atoms. The monoisotopic (exact) mass is 735 g/mol. The molecule has 0 spiro atoms. The predicted molar refractivity (Wildman–Crippen MR) is 171 cm³/mol. The fraction of sp³-hybridized carbons (Fsp3) is 0.0541. The van der Waals surface area contributed by atoms with Crippen molar-refractivity contribution in [3.05, 3.63) is 152 Å². The van der Waals surface area contributed by atoms with Gasteiger partial charge in [0.15, 0.2) is 0 Å². The van der Waals surface area contributed by atoms with E-state index >= 15 is 0 Å². The molecular weight excluding hydrogens is 707 g/mol. The number of nitrogens with zero attached hydrogens (tertiary/aromatic N) is 5. The summed E-state index contributed by atoms with van der Waals surface area (Å²) in [5.41, 5.74) is 10.4. The largest absolute Gasteiger partial charge is 3.00 e. The maximum Gasteiger partial charge on any atom is 3.00 e. The normalized spacial score (nSPS) is 12.5. The van der Waals surface area contributed by atoms with Gasteiger partial charge in [0.05, 0.1) is 11.4 Å². The van der Waals surface area contributed by atoms with Crippen LogP contribution in [0.4, 0.5) is 34.4 Å². The number of anilines is 6. The van der Waals surface area contributed by atoms with Gasteiger partial charge >= 0.3 is 20.1 Å². The average molecular weight is 735 g/mol. The minimum Gasteiger partial charge on any atom is -0.492 e. The topological polar surface area (TPSA) is 35.5 Å².